The van der Waals surface area contributed by atoms with Gasteiger partial charge in [0.1, 0.15) is 5.75 Å². The zero-order valence-electron chi connectivity index (χ0n) is 15.9. The number of amides is 2. The lowest BCUT2D eigenvalue weighted by molar-refractivity contribution is -0.121. The van der Waals surface area contributed by atoms with Gasteiger partial charge in [-0.3, -0.25) is 25.8 Å². The summed E-state index contributed by atoms with van der Waals surface area (Å²) < 4.78 is 5.62. The number of rotatable bonds is 8. The van der Waals surface area contributed by atoms with Gasteiger partial charge in [0.2, 0.25) is 5.91 Å². The minimum atomic E-state index is -0.368. The van der Waals surface area contributed by atoms with Gasteiger partial charge in [0, 0.05) is 5.56 Å². The molecule has 28 heavy (non-hydrogen) atoms. The Balaban J connectivity index is 1.72. The van der Waals surface area contributed by atoms with Crippen molar-refractivity contribution in [2.45, 2.75) is 32.6 Å². The summed E-state index contributed by atoms with van der Waals surface area (Å²) in [5.74, 6) is 0.0984. The van der Waals surface area contributed by atoms with E-state index in [9.17, 15) is 9.59 Å². The first-order valence-corrected chi connectivity index (χ1v) is 9.66. The first kappa shape index (κ1) is 21.4. The van der Waals surface area contributed by atoms with Crippen LogP contribution in [0.4, 0.5) is 0 Å². The fourth-order valence-electron chi connectivity index (χ4n) is 2.40. The zero-order valence-corrected chi connectivity index (χ0v) is 16.7. The Kier molecular flexibility index (Phi) is 8.94. The van der Waals surface area contributed by atoms with Crippen LogP contribution in [0.25, 0.3) is 0 Å². The normalized spacial score (nSPS) is 10.0. The van der Waals surface area contributed by atoms with E-state index < -0.39 is 0 Å². The van der Waals surface area contributed by atoms with Crippen molar-refractivity contribution in [2.75, 3.05) is 6.61 Å². The van der Waals surface area contributed by atoms with Crippen LogP contribution in [0.15, 0.2) is 54.6 Å². The molecule has 0 atom stereocenters. The smallest absolute Gasteiger partial charge is 0.257 e. The quantitative estimate of drug-likeness (QED) is 0.361. The van der Waals surface area contributed by atoms with Crippen molar-refractivity contribution in [3.8, 4) is 5.75 Å². The van der Waals surface area contributed by atoms with E-state index in [1.54, 1.807) is 24.3 Å². The van der Waals surface area contributed by atoms with Gasteiger partial charge in [0.25, 0.3) is 5.91 Å². The molecule has 0 spiro atoms. The summed E-state index contributed by atoms with van der Waals surface area (Å²) in [5.41, 5.74) is 6.32. The van der Waals surface area contributed by atoms with E-state index in [2.05, 4.69) is 23.1 Å². The maximum absolute atomic E-state index is 12.2. The van der Waals surface area contributed by atoms with Gasteiger partial charge in [0.15, 0.2) is 5.11 Å². The Hall–Kier alpha value is -2.93. The number of carbonyl (C=O) groups excluding carboxylic acids is 2. The molecule has 0 unspecified atom stereocenters. The van der Waals surface area contributed by atoms with Crippen LogP contribution in [0, 0.1) is 0 Å². The van der Waals surface area contributed by atoms with E-state index in [0.29, 0.717) is 12.2 Å². The molecule has 0 bridgehead atoms. The van der Waals surface area contributed by atoms with E-state index in [0.717, 1.165) is 30.6 Å². The highest BCUT2D eigenvalue weighted by molar-refractivity contribution is 7.80. The van der Waals surface area contributed by atoms with Gasteiger partial charge in [-0.05, 0) is 48.5 Å². The van der Waals surface area contributed by atoms with E-state index in [4.69, 9.17) is 17.0 Å². The van der Waals surface area contributed by atoms with Gasteiger partial charge in [0.05, 0.1) is 13.0 Å². The molecule has 3 N–H and O–H groups in total. The predicted octanol–water partition coefficient (Wildman–Crippen LogP) is 3.13. The van der Waals surface area contributed by atoms with Crippen molar-refractivity contribution >= 4 is 29.1 Å². The van der Waals surface area contributed by atoms with Gasteiger partial charge < -0.3 is 4.74 Å². The summed E-state index contributed by atoms with van der Waals surface area (Å²) in [6.07, 6.45) is 3.49. The van der Waals surface area contributed by atoms with Crippen LogP contribution in [-0.2, 0) is 11.2 Å². The van der Waals surface area contributed by atoms with Crippen LogP contribution < -0.4 is 20.9 Å². The van der Waals surface area contributed by atoms with Crippen LogP contribution in [0.2, 0.25) is 0 Å². The average molecular weight is 400 g/mol. The number of nitrogens with one attached hydrogen (secondary N) is 3. The molecule has 0 radical (unpaired) electrons. The number of carbonyl (C=O) groups is 2. The zero-order chi connectivity index (χ0) is 20.2. The Labute approximate surface area is 170 Å². The number of unbranched alkanes of at least 4 members (excludes halogenated alkanes) is 2. The molecule has 0 saturated heterocycles. The topological polar surface area (TPSA) is 79.5 Å². The molecular weight excluding hydrogens is 374 g/mol. The summed E-state index contributed by atoms with van der Waals surface area (Å²) in [5, 5.41) is 2.54. The summed E-state index contributed by atoms with van der Waals surface area (Å²) in [6, 6.07) is 16.2. The minimum absolute atomic E-state index is 0.0197. The van der Waals surface area contributed by atoms with Crippen molar-refractivity contribution in [3.63, 3.8) is 0 Å². The SMILES string of the molecule is CCCCCOc1ccc(C(=O)NC(=S)NNC(=O)Cc2ccccc2)cc1. The van der Waals surface area contributed by atoms with Crippen molar-refractivity contribution in [1.29, 1.82) is 0 Å². The molecule has 0 aliphatic carbocycles. The van der Waals surface area contributed by atoms with E-state index >= 15 is 0 Å². The van der Waals surface area contributed by atoms with Crippen LogP contribution in [-0.4, -0.2) is 23.5 Å². The molecule has 0 fully saturated rings. The summed E-state index contributed by atoms with van der Waals surface area (Å²) in [7, 11) is 0. The van der Waals surface area contributed by atoms with E-state index in [1.807, 2.05) is 30.3 Å². The van der Waals surface area contributed by atoms with Crippen molar-refractivity contribution < 1.29 is 14.3 Å². The molecule has 0 heterocycles. The third-order valence-corrected chi connectivity index (χ3v) is 4.09. The van der Waals surface area contributed by atoms with Gasteiger partial charge in [-0.25, -0.2) is 0 Å². The predicted molar refractivity (Wildman–Crippen MR) is 113 cm³/mol. The fourth-order valence-corrected chi connectivity index (χ4v) is 2.55. The standard InChI is InChI=1S/C21H25N3O3S/c1-2-3-7-14-27-18-12-10-17(11-13-18)20(26)22-21(28)24-23-19(25)15-16-8-5-4-6-9-16/h4-6,8-13H,2-3,7,14-15H2,1H3,(H,23,25)(H2,22,24,26,28). The maximum Gasteiger partial charge on any atom is 0.257 e. The average Bonchev–Trinajstić information content (AvgIpc) is 2.71. The van der Waals surface area contributed by atoms with Crippen LogP contribution in [0.3, 0.4) is 0 Å². The van der Waals surface area contributed by atoms with Gasteiger partial charge in [-0.1, -0.05) is 50.1 Å². The van der Waals surface area contributed by atoms with Crippen LogP contribution in [0.5, 0.6) is 5.75 Å². The second-order valence-electron chi connectivity index (χ2n) is 6.20. The largest absolute Gasteiger partial charge is 0.494 e. The molecular formula is C21H25N3O3S. The third kappa shape index (κ3) is 7.75. The molecule has 0 aliphatic rings. The Bertz CT molecular complexity index is 779. The summed E-state index contributed by atoms with van der Waals surface area (Å²) in [6.45, 7) is 2.80. The second-order valence-corrected chi connectivity index (χ2v) is 6.61. The number of benzene rings is 2. The highest BCUT2D eigenvalue weighted by atomic mass is 32.1. The molecule has 6 nitrogen and oxygen atoms in total. The molecule has 2 rings (SSSR count). The highest BCUT2D eigenvalue weighted by Crippen LogP contribution is 2.13. The van der Waals surface area contributed by atoms with Crippen LogP contribution >= 0.6 is 12.2 Å². The van der Waals surface area contributed by atoms with Gasteiger partial charge in [-0.2, -0.15) is 0 Å². The third-order valence-electron chi connectivity index (χ3n) is 3.88. The molecule has 2 amide bonds. The molecule has 0 aromatic heterocycles. The first-order chi connectivity index (χ1) is 13.6. The lowest BCUT2D eigenvalue weighted by Gasteiger charge is -2.11. The number of ether oxygens (including phenoxy) is 1. The van der Waals surface area contributed by atoms with Crippen molar-refractivity contribution in [3.05, 3.63) is 65.7 Å². The molecule has 2 aromatic rings. The number of thiocarbonyl (C=S) groups is 1. The lowest BCUT2D eigenvalue weighted by Crippen LogP contribution is -2.48. The summed E-state index contributed by atoms with van der Waals surface area (Å²) in [4.78, 5) is 24.1. The summed E-state index contributed by atoms with van der Waals surface area (Å²) >= 11 is 5.04. The Morgan fingerprint density at radius 3 is 2.36 bits per heavy atom. The second kappa shape index (κ2) is 11.7. The van der Waals surface area contributed by atoms with E-state index in [-0.39, 0.29) is 23.3 Å². The molecule has 2 aromatic carbocycles. The maximum atomic E-state index is 12.2. The molecule has 7 heteroatoms. The van der Waals surface area contributed by atoms with Crippen molar-refractivity contribution in [2.24, 2.45) is 0 Å². The molecule has 0 aliphatic heterocycles. The number of hydrazine groups is 1. The first-order valence-electron chi connectivity index (χ1n) is 9.25. The van der Waals surface area contributed by atoms with E-state index in [1.165, 1.54) is 0 Å². The minimum Gasteiger partial charge on any atom is -0.494 e. The molecule has 0 saturated carbocycles. The van der Waals surface area contributed by atoms with Gasteiger partial charge >= 0.3 is 0 Å². The number of hydrogen-bond donors (Lipinski definition) is 3. The monoisotopic (exact) mass is 399 g/mol. The van der Waals surface area contributed by atoms with Crippen molar-refractivity contribution in [1.82, 2.24) is 16.2 Å². The Morgan fingerprint density at radius 1 is 0.964 bits per heavy atom. The Morgan fingerprint density at radius 2 is 1.68 bits per heavy atom. The van der Waals surface area contributed by atoms with Crippen LogP contribution in [0.1, 0.15) is 42.1 Å². The fraction of sp³-hybridized carbons (Fsp3) is 0.286. The highest BCUT2D eigenvalue weighted by Gasteiger charge is 2.09. The number of hydrogen-bond acceptors (Lipinski definition) is 4. The lowest BCUT2D eigenvalue weighted by atomic mass is 10.1. The molecule has 148 valence electrons. The van der Waals surface area contributed by atoms with Gasteiger partial charge in [-0.15, -0.1) is 0 Å².